The number of esters is 4. The van der Waals surface area contributed by atoms with Crippen LogP contribution in [0.15, 0.2) is 0 Å². The molecule has 0 aliphatic rings. The van der Waals surface area contributed by atoms with Crippen LogP contribution in [-0.2, 0) is 28.7 Å². The van der Waals surface area contributed by atoms with Crippen molar-refractivity contribution in [3.63, 3.8) is 0 Å². The van der Waals surface area contributed by atoms with E-state index >= 15 is 0 Å². The van der Waals surface area contributed by atoms with Gasteiger partial charge in [-0.15, -0.1) is 0 Å². The molecule has 0 radical (unpaired) electrons. The second-order valence-electron chi connectivity index (χ2n) is 9.23. The second-order valence-corrected chi connectivity index (χ2v) is 9.23. The van der Waals surface area contributed by atoms with Crippen LogP contribution in [0.1, 0.15) is 142 Å². The van der Waals surface area contributed by atoms with Crippen molar-refractivity contribution in [3.8, 4) is 0 Å². The summed E-state index contributed by atoms with van der Waals surface area (Å²) < 4.78 is 9.55. The van der Waals surface area contributed by atoms with Crippen LogP contribution in [0.4, 0.5) is 0 Å². The highest BCUT2D eigenvalue weighted by Crippen LogP contribution is 2.11. The molecule has 7 nitrogen and oxygen atoms in total. The molecule has 0 amide bonds. The van der Waals surface area contributed by atoms with Crippen molar-refractivity contribution in [2.24, 2.45) is 5.73 Å². The van der Waals surface area contributed by atoms with Gasteiger partial charge >= 0.3 is 23.9 Å². The average molecular weight is 484 g/mol. The number of hydrogen-bond donors (Lipinski definition) is 1. The number of carbonyl (C=O) groups is 4. The van der Waals surface area contributed by atoms with Gasteiger partial charge in [-0.25, -0.2) is 4.79 Å². The molecule has 0 saturated carbocycles. The van der Waals surface area contributed by atoms with Crippen molar-refractivity contribution in [1.29, 1.82) is 0 Å². The van der Waals surface area contributed by atoms with Gasteiger partial charge in [-0.05, 0) is 19.3 Å². The molecule has 0 aromatic heterocycles. The molecular formula is C27H49NO6. The molecule has 1 atom stereocenters. The molecule has 0 aliphatic carbocycles. The monoisotopic (exact) mass is 483 g/mol. The number of rotatable bonds is 22. The van der Waals surface area contributed by atoms with Crippen LogP contribution in [0.3, 0.4) is 0 Å². The largest absolute Gasteiger partial charge is 0.393 e. The lowest BCUT2D eigenvalue weighted by Crippen LogP contribution is -2.34. The molecule has 2 N–H and O–H groups in total. The molecule has 198 valence electrons. The van der Waals surface area contributed by atoms with E-state index in [0.29, 0.717) is 12.8 Å². The average Bonchev–Trinajstić information content (AvgIpc) is 2.80. The number of carbonyl (C=O) groups excluding carboxylic acids is 4. The summed E-state index contributed by atoms with van der Waals surface area (Å²) in [5.74, 6) is -2.69. The van der Waals surface area contributed by atoms with E-state index < -0.39 is 29.9 Å². The predicted octanol–water partition coefficient (Wildman–Crippen LogP) is 6.30. The summed E-state index contributed by atoms with van der Waals surface area (Å²) in [6.07, 6.45) is 17.9. The van der Waals surface area contributed by atoms with Crippen LogP contribution in [0.25, 0.3) is 0 Å². The zero-order valence-electron chi connectivity index (χ0n) is 21.7. The molecule has 0 fully saturated rings. The first-order valence-corrected chi connectivity index (χ1v) is 13.6. The van der Waals surface area contributed by atoms with Gasteiger partial charge in [-0.3, -0.25) is 14.4 Å². The first kappa shape index (κ1) is 32.2. The van der Waals surface area contributed by atoms with Gasteiger partial charge in [-0.2, -0.15) is 0 Å². The molecule has 34 heavy (non-hydrogen) atoms. The third-order valence-electron chi connectivity index (χ3n) is 5.87. The molecule has 0 aromatic rings. The molecule has 0 unspecified atom stereocenters. The Labute approximate surface area is 206 Å². The van der Waals surface area contributed by atoms with E-state index in [1.807, 2.05) is 0 Å². The highest BCUT2D eigenvalue weighted by molar-refractivity contribution is 5.89. The van der Waals surface area contributed by atoms with E-state index in [1.54, 1.807) is 0 Å². The summed E-state index contributed by atoms with van der Waals surface area (Å²) in [4.78, 5) is 47.3. The van der Waals surface area contributed by atoms with Crippen molar-refractivity contribution < 1.29 is 28.7 Å². The van der Waals surface area contributed by atoms with Crippen molar-refractivity contribution in [1.82, 2.24) is 0 Å². The van der Waals surface area contributed by atoms with E-state index in [4.69, 9.17) is 15.2 Å². The van der Waals surface area contributed by atoms with Gasteiger partial charge in [0.25, 0.3) is 0 Å². The Morgan fingerprint density at radius 2 is 0.882 bits per heavy atom. The third kappa shape index (κ3) is 20.8. The Morgan fingerprint density at radius 3 is 1.32 bits per heavy atom. The Hall–Kier alpha value is -1.76. The molecule has 0 aromatic carbocycles. The van der Waals surface area contributed by atoms with Crippen molar-refractivity contribution >= 4 is 23.9 Å². The number of ether oxygens (including phenoxy) is 2. The lowest BCUT2D eigenvalue weighted by atomic mass is 10.1. The fourth-order valence-corrected chi connectivity index (χ4v) is 3.67. The zero-order chi connectivity index (χ0) is 25.4. The highest BCUT2D eigenvalue weighted by atomic mass is 16.6. The third-order valence-corrected chi connectivity index (χ3v) is 5.87. The van der Waals surface area contributed by atoms with Gasteiger partial charge in [0.1, 0.15) is 6.04 Å². The summed E-state index contributed by atoms with van der Waals surface area (Å²) in [5, 5.41) is 0. The Bertz CT molecular complexity index is 563. The number of unbranched alkanes of at least 4 members (excludes halogenated alkanes) is 14. The Morgan fingerprint density at radius 1 is 0.529 bits per heavy atom. The summed E-state index contributed by atoms with van der Waals surface area (Å²) in [7, 11) is 0. The standard InChI is InChI=1S/C27H49NO6/c1-3-5-7-9-11-13-15-17-19-24(29)33-26(31)22-21-23(28)27(32)34-25(30)20-18-16-14-12-10-8-6-4-2/h23H,3-22,28H2,1-2H3/t23-/m0/s1. The fourth-order valence-electron chi connectivity index (χ4n) is 3.67. The Balaban J connectivity index is 3.77. The highest BCUT2D eigenvalue weighted by Gasteiger charge is 2.21. The van der Waals surface area contributed by atoms with Gasteiger partial charge in [0.05, 0.1) is 0 Å². The van der Waals surface area contributed by atoms with Crippen LogP contribution < -0.4 is 5.73 Å². The summed E-state index contributed by atoms with van der Waals surface area (Å²) in [6, 6.07) is -1.10. The lowest BCUT2D eigenvalue weighted by molar-refractivity contribution is -0.160. The van der Waals surface area contributed by atoms with Gasteiger partial charge < -0.3 is 15.2 Å². The van der Waals surface area contributed by atoms with E-state index in [1.165, 1.54) is 57.8 Å². The van der Waals surface area contributed by atoms with Crippen LogP contribution in [-0.4, -0.2) is 29.9 Å². The topological polar surface area (TPSA) is 113 Å². The number of nitrogens with two attached hydrogens (primary N) is 1. The summed E-state index contributed by atoms with van der Waals surface area (Å²) in [6.45, 7) is 4.37. The van der Waals surface area contributed by atoms with Crippen molar-refractivity contribution in [2.45, 2.75) is 148 Å². The van der Waals surface area contributed by atoms with Crippen LogP contribution >= 0.6 is 0 Å². The minimum atomic E-state index is -1.10. The van der Waals surface area contributed by atoms with Crippen LogP contribution in [0.5, 0.6) is 0 Å². The summed E-state index contributed by atoms with van der Waals surface area (Å²) >= 11 is 0. The van der Waals surface area contributed by atoms with E-state index in [-0.39, 0.29) is 25.7 Å². The first-order chi connectivity index (χ1) is 16.4. The molecule has 0 saturated heterocycles. The maximum Gasteiger partial charge on any atom is 0.330 e. The molecular weight excluding hydrogens is 434 g/mol. The molecule has 0 rings (SSSR count). The molecule has 0 spiro atoms. The number of hydrogen-bond acceptors (Lipinski definition) is 7. The SMILES string of the molecule is CCCCCCCCCCC(=O)OC(=O)CC[C@H](N)C(=O)OC(=O)CCCCCCCCCC. The molecule has 0 heterocycles. The van der Waals surface area contributed by atoms with Crippen LogP contribution in [0.2, 0.25) is 0 Å². The van der Waals surface area contributed by atoms with Gasteiger partial charge in [0.15, 0.2) is 0 Å². The zero-order valence-corrected chi connectivity index (χ0v) is 21.7. The quantitative estimate of drug-likeness (QED) is 0.109. The van der Waals surface area contributed by atoms with E-state index in [0.717, 1.165) is 32.1 Å². The van der Waals surface area contributed by atoms with E-state index in [9.17, 15) is 19.2 Å². The first-order valence-electron chi connectivity index (χ1n) is 13.6. The fraction of sp³-hybridized carbons (Fsp3) is 0.852. The molecule has 0 bridgehead atoms. The van der Waals surface area contributed by atoms with Gasteiger partial charge in [0, 0.05) is 19.3 Å². The second kappa shape index (κ2) is 23.0. The molecule has 0 aliphatic heterocycles. The minimum absolute atomic E-state index is 0.0340. The van der Waals surface area contributed by atoms with E-state index in [2.05, 4.69) is 13.8 Å². The van der Waals surface area contributed by atoms with Crippen molar-refractivity contribution in [3.05, 3.63) is 0 Å². The maximum absolute atomic E-state index is 11.9. The van der Waals surface area contributed by atoms with Crippen LogP contribution in [0, 0.1) is 0 Å². The maximum atomic E-state index is 11.9. The van der Waals surface area contributed by atoms with Gasteiger partial charge in [0.2, 0.25) is 0 Å². The normalized spacial score (nSPS) is 11.7. The molecule has 7 heteroatoms. The smallest absolute Gasteiger partial charge is 0.330 e. The summed E-state index contributed by atoms with van der Waals surface area (Å²) in [5.41, 5.74) is 5.72. The predicted molar refractivity (Wildman–Crippen MR) is 134 cm³/mol. The Kier molecular flexibility index (Phi) is 21.8. The van der Waals surface area contributed by atoms with Gasteiger partial charge in [-0.1, -0.05) is 104 Å². The van der Waals surface area contributed by atoms with Crippen molar-refractivity contribution in [2.75, 3.05) is 0 Å². The minimum Gasteiger partial charge on any atom is -0.393 e. The lowest BCUT2D eigenvalue weighted by Gasteiger charge is -2.10.